The maximum Gasteiger partial charge on any atom is 0.251 e. The molecule has 0 radical (unpaired) electrons. The number of nitrogens with one attached hydrogen (secondary N) is 3. The van der Waals surface area contributed by atoms with Gasteiger partial charge in [0.15, 0.2) is 0 Å². The molecule has 4 aromatic rings. The van der Waals surface area contributed by atoms with Gasteiger partial charge in [-0.25, -0.2) is 17.5 Å². The number of rotatable bonds is 8. The maximum atomic E-state index is 14.5. The Morgan fingerprint density at radius 2 is 1.46 bits per heavy atom. The Labute approximate surface area is 227 Å². The predicted molar refractivity (Wildman–Crippen MR) is 150 cm³/mol. The minimum Gasteiger partial charge on any atom is -0.340 e. The van der Waals surface area contributed by atoms with Gasteiger partial charge in [0.25, 0.3) is 5.91 Å². The van der Waals surface area contributed by atoms with Gasteiger partial charge in [0.05, 0.1) is 4.90 Å². The lowest BCUT2D eigenvalue weighted by molar-refractivity contribution is -0.118. The molecule has 0 aliphatic heterocycles. The lowest BCUT2D eigenvalue weighted by Gasteiger charge is -2.22. The number of hydrogen-bond donors (Lipinski definition) is 3. The van der Waals surface area contributed by atoms with E-state index in [2.05, 4.69) is 15.4 Å². The summed E-state index contributed by atoms with van der Waals surface area (Å²) in [6.45, 7) is 5.25. The zero-order chi connectivity index (χ0) is 28.2. The highest BCUT2D eigenvalue weighted by molar-refractivity contribution is 7.89. The van der Waals surface area contributed by atoms with Gasteiger partial charge in [-0.2, -0.15) is 0 Å². The molecule has 0 bridgehead atoms. The van der Waals surface area contributed by atoms with Gasteiger partial charge in [0.2, 0.25) is 15.9 Å². The second kappa shape index (κ2) is 11.3. The van der Waals surface area contributed by atoms with E-state index in [1.807, 2.05) is 0 Å². The van der Waals surface area contributed by atoms with Gasteiger partial charge < -0.3 is 10.6 Å². The van der Waals surface area contributed by atoms with Crippen LogP contribution < -0.4 is 15.4 Å². The van der Waals surface area contributed by atoms with Crippen LogP contribution in [0.25, 0.3) is 10.8 Å². The molecule has 9 heteroatoms. The van der Waals surface area contributed by atoms with Crippen molar-refractivity contribution >= 4 is 38.3 Å². The number of halogens is 1. The van der Waals surface area contributed by atoms with Crippen molar-refractivity contribution in [3.8, 4) is 0 Å². The van der Waals surface area contributed by atoms with Crippen molar-refractivity contribution < 1.29 is 22.4 Å². The molecule has 3 N–H and O–H groups in total. The summed E-state index contributed by atoms with van der Waals surface area (Å²) in [5.41, 5.74) is 0.294. The zero-order valence-corrected chi connectivity index (χ0v) is 22.7. The van der Waals surface area contributed by atoms with Crippen LogP contribution in [0.3, 0.4) is 0 Å². The fourth-order valence-corrected chi connectivity index (χ4v) is 5.87. The molecule has 4 rings (SSSR count). The lowest BCUT2D eigenvalue weighted by Crippen LogP contribution is -2.45. The second-order valence-corrected chi connectivity index (χ2v) is 11.8. The van der Waals surface area contributed by atoms with E-state index in [9.17, 15) is 22.4 Å². The zero-order valence-electron chi connectivity index (χ0n) is 21.9. The van der Waals surface area contributed by atoms with Crippen LogP contribution >= 0.6 is 0 Å². The number of amides is 2. The maximum absolute atomic E-state index is 14.5. The van der Waals surface area contributed by atoms with Gasteiger partial charge >= 0.3 is 0 Å². The summed E-state index contributed by atoms with van der Waals surface area (Å²) in [4.78, 5) is 26.5. The molecule has 0 saturated carbocycles. The monoisotopic (exact) mass is 547 g/mol. The Morgan fingerprint density at radius 1 is 0.821 bits per heavy atom. The van der Waals surface area contributed by atoms with E-state index in [4.69, 9.17) is 0 Å². The van der Waals surface area contributed by atoms with Crippen molar-refractivity contribution in [3.63, 3.8) is 0 Å². The van der Waals surface area contributed by atoms with Crippen LogP contribution in [0.2, 0.25) is 0 Å². The first-order chi connectivity index (χ1) is 18.4. The molecule has 202 valence electrons. The highest BCUT2D eigenvalue weighted by atomic mass is 32.2. The second-order valence-electron chi connectivity index (χ2n) is 10.2. The number of sulfonamides is 1. The third-order valence-electron chi connectivity index (χ3n) is 5.91. The Kier molecular flexibility index (Phi) is 8.13. The van der Waals surface area contributed by atoms with Crippen molar-refractivity contribution in [3.05, 3.63) is 108 Å². The summed E-state index contributed by atoms with van der Waals surface area (Å²) in [5, 5.41) is 6.46. The Morgan fingerprint density at radius 3 is 2.15 bits per heavy atom. The molecule has 0 spiro atoms. The molecular formula is C30H30FN3O4S. The largest absolute Gasteiger partial charge is 0.340 e. The minimum absolute atomic E-state index is 0.0753. The number of fused-ring (bicyclic) bond motifs is 1. The first-order valence-electron chi connectivity index (χ1n) is 12.4. The quantitative estimate of drug-likeness (QED) is 0.288. The molecule has 1 unspecified atom stereocenters. The van der Waals surface area contributed by atoms with Gasteiger partial charge in [0, 0.05) is 34.0 Å². The third kappa shape index (κ3) is 6.87. The van der Waals surface area contributed by atoms with Crippen LogP contribution in [0, 0.1) is 5.82 Å². The van der Waals surface area contributed by atoms with E-state index in [0.29, 0.717) is 22.0 Å². The van der Waals surface area contributed by atoms with Crippen molar-refractivity contribution in [2.75, 3.05) is 5.32 Å². The molecule has 1 atom stereocenters. The average molecular weight is 548 g/mol. The molecule has 0 aliphatic carbocycles. The van der Waals surface area contributed by atoms with Crippen molar-refractivity contribution in [2.45, 2.75) is 43.7 Å². The SMILES string of the molecule is CC(C)(C)NS(=O)(=O)c1cccc2c(NC(=O)C(Cc3ccccc3F)NC(=O)c3ccccc3)cccc12. The molecule has 7 nitrogen and oxygen atoms in total. The van der Waals surface area contributed by atoms with Gasteiger partial charge in [-0.3, -0.25) is 9.59 Å². The third-order valence-corrected chi connectivity index (χ3v) is 7.73. The summed E-state index contributed by atoms with van der Waals surface area (Å²) in [6, 6.07) is 23.1. The summed E-state index contributed by atoms with van der Waals surface area (Å²) >= 11 is 0. The van der Waals surface area contributed by atoms with Crippen LogP contribution in [-0.4, -0.2) is 31.8 Å². The number of carbonyl (C=O) groups excluding carboxylic acids is 2. The van der Waals surface area contributed by atoms with Crippen LogP contribution in [-0.2, 0) is 21.2 Å². The first-order valence-corrected chi connectivity index (χ1v) is 13.9. The Balaban J connectivity index is 1.68. The smallest absolute Gasteiger partial charge is 0.251 e. The van der Waals surface area contributed by atoms with Crippen LogP contribution in [0.15, 0.2) is 95.9 Å². The van der Waals surface area contributed by atoms with Gasteiger partial charge in [-0.1, -0.05) is 60.7 Å². The minimum atomic E-state index is -3.86. The summed E-state index contributed by atoms with van der Waals surface area (Å²) in [6.07, 6.45) is -0.0863. The highest BCUT2D eigenvalue weighted by Gasteiger charge is 2.26. The van der Waals surface area contributed by atoms with Gasteiger partial charge in [-0.05, 0) is 56.7 Å². The van der Waals surface area contributed by atoms with Crippen LogP contribution in [0.1, 0.15) is 36.7 Å². The van der Waals surface area contributed by atoms with E-state index in [1.165, 1.54) is 12.1 Å². The number of anilines is 1. The molecule has 39 heavy (non-hydrogen) atoms. The first kappa shape index (κ1) is 27.9. The van der Waals surface area contributed by atoms with Crippen LogP contribution in [0.4, 0.5) is 10.1 Å². The summed E-state index contributed by atoms with van der Waals surface area (Å²) in [7, 11) is -3.86. The van der Waals surface area contributed by atoms with E-state index in [0.717, 1.165) is 0 Å². The van der Waals surface area contributed by atoms with E-state index < -0.39 is 39.2 Å². The molecule has 0 fully saturated rings. The van der Waals surface area contributed by atoms with Crippen molar-refractivity contribution in [2.24, 2.45) is 0 Å². The van der Waals surface area contributed by atoms with E-state index in [1.54, 1.807) is 99.6 Å². The average Bonchev–Trinajstić information content (AvgIpc) is 2.88. The summed E-state index contributed by atoms with van der Waals surface area (Å²) < 4.78 is 43.4. The molecular weight excluding hydrogens is 517 g/mol. The van der Waals surface area contributed by atoms with Crippen molar-refractivity contribution in [1.29, 1.82) is 0 Å². The summed E-state index contributed by atoms with van der Waals surface area (Å²) in [5.74, 6) is -1.54. The predicted octanol–water partition coefficient (Wildman–Crippen LogP) is 5.04. The molecule has 0 aliphatic rings. The van der Waals surface area contributed by atoms with E-state index >= 15 is 0 Å². The Bertz CT molecular complexity index is 1620. The molecule has 4 aromatic carbocycles. The topological polar surface area (TPSA) is 104 Å². The number of carbonyl (C=O) groups is 2. The lowest BCUT2D eigenvalue weighted by atomic mass is 10.0. The normalized spacial score (nSPS) is 12.6. The van der Waals surface area contributed by atoms with Gasteiger partial charge in [0.1, 0.15) is 11.9 Å². The van der Waals surface area contributed by atoms with Crippen molar-refractivity contribution in [1.82, 2.24) is 10.0 Å². The van der Waals surface area contributed by atoms with Gasteiger partial charge in [-0.15, -0.1) is 0 Å². The Hall–Kier alpha value is -4.08. The van der Waals surface area contributed by atoms with Crippen LogP contribution in [0.5, 0.6) is 0 Å². The fraction of sp³-hybridized carbons (Fsp3) is 0.200. The molecule has 0 aromatic heterocycles. The number of hydrogen-bond acceptors (Lipinski definition) is 4. The molecule has 0 heterocycles. The fourth-order valence-electron chi connectivity index (χ4n) is 4.23. The highest BCUT2D eigenvalue weighted by Crippen LogP contribution is 2.29. The van der Waals surface area contributed by atoms with E-state index in [-0.39, 0.29) is 16.9 Å². The number of benzene rings is 4. The molecule has 0 saturated heterocycles. The molecule has 2 amide bonds. The standard InChI is InChI=1S/C30H30FN3O4S/c1-30(2,3)34-39(37,38)27-18-10-14-22-23(27)15-9-17-25(22)32-29(36)26(19-21-13-7-8-16-24(21)31)33-28(35)20-11-5-4-6-12-20/h4-18,26,34H,19H2,1-3H3,(H,32,36)(H,33,35).